The number of aliphatic hydroxyl groups excluding tert-OH is 2. The Balaban J connectivity index is 3.03. The highest BCUT2D eigenvalue weighted by Gasteiger charge is 2.32. The number of carboxylic acid groups (broad SMARTS) is 1. The van der Waals surface area contributed by atoms with Crippen molar-refractivity contribution in [1.82, 2.24) is 16.0 Å². The van der Waals surface area contributed by atoms with Crippen LogP contribution in [0.3, 0.4) is 0 Å². The zero-order valence-corrected chi connectivity index (χ0v) is 19.5. The van der Waals surface area contributed by atoms with Crippen LogP contribution in [-0.4, -0.2) is 87.5 Å². The van der Waals surface area contributed by atoms with E-state index in [1.807, 2.05) is 0 Å². The molecule has 0 aliphatic carbocycles. The quantitative estimate of drug-likeness (QED) is 0.114. The summed E-state index contributed by atoms with van der Waals surface area (Å²) in [6.07, 6.45) is -0.351. The highest BCUT2D eigenvalue weighted by atomic mass is 16.4. The number of aliphatic carboxylic acids is 1. The van der Waals surface area contributed by atoms with Crippen molar-refractivity contribution in [3.05, 3.63) is 29.8 Å². The smallest absolute Gasteiger partial charge is 0.326 e. The molecule has 1 aromatic rings. The predicted octanol–water partition coefficient (Wildman–Crippen LogP) is -2.70. The number of carboxylic acids is 1. The lowest BCUT2D eigenvalue weighted by atomic mass is 10.0. The Morgan fingerprint density at radius 2 is 1.54 bits per heavy atom. The largest absolute Gasteiger partial charge is 0.508 e. The number of amides is 3. The number of hydrogen-bond acceptors (Lipinski definition) is 9. The van der Waals surface area contributed by atoms with Crippen LogP contribution >= 0.6 is 0 Å². The highest BCUT2D eigenvalue weighted by molar-refractivity contribution is 5.94. The number of aromatic hydroxyl groups is 1. The van der Waals surface area contributed by atoms with E-state index in [0.717, 1.165) is 0 Å². The maximum absolute atomic E-state index is 13.0. The van der Waals surface area contributed by atoms with Gasteiger partial charge in [0.2, 0.25) is 17.7 Å². The van der Waals surface area contributed by atoms with E-state index in [1.54, 1.807) is 0 Å². The van der Waals surface area contributed by atoms with Crippen LogP contribution in [0.5, 0.6) is 5.75 Å². The fraction of sp³-hybridized carbons (Fsp3) is 0.545. The minimum absolute atomic E-state index is 0.00798. The molecule has 11 N–H and O–H groups in total. The molecule has 0 fully saturated rings. The Morgan fingerprint density at radius 3 is 2.06 bits per heavy atom. The Labute approximate surface area is 202 Å². The van der Waals surface area contributed by atoms with Gasteiger partial charge in [-0.1, -0.05) is 12.1 Å². The third-order valence-electron chi connectivity index (χ3n) is 5.17. The van der Waals surface area contributed by atoms with Gasteiger partial charge >= 0.3 is 5.97 Å². The lowest BCUT2D eigenvalue weighted by Gasteiger charge is -2.26. The Morgan fingerprint density at radius 1 is 0.943 bits per heavy atom. The number of nitrogens with two attached hydrogens (primary N) is 2. The summed E-state index contributed by atoms with van der Waals surface area (Å²) < 4.78 is 0. The van der Waals surface area contributed by atoms with Gasteiger partial charge in [-0.3, -0.25) is 14.4 Å². The van der Waals surface area contributed by atoms with Crippen LogP contribution < -0.4 is 27.4 Å². The topological polar surface area (TPSA) is 237 Å². The van der Waals surface area contributed by atoms with E-state index in [2.05, 4.69) is 16.0 Å². The first kappa shape index (κ1) is 29.8. The van der Waals surface area contributed by atoms with Crippen molar-refractivity contribution >= 4 is 23.7 Å². The van der Waals surface area contributed by atoms with Crippen LogP contribution in [0.2, 0.25) is 0 Å². The van der Waals surface area contributed by atoms with E-state index in [9.17, 15) is 34.5 Å². The lowest BCUT2D eigenvalue weighted by molar-refractivity contribution is -0.143. The van der Waals surface area contributed by atoms with Gasteiger partial charge in [0.15, 0.2) is 0 Å². The van der Waals surface area contributed by atoms with Crippen molar-refractivity contribution < 1.29 is 39.6 Å². The summed E-state index contributed by atoms with van der Waals surface area (Å²) in [6, 6.07) is 0.468. The number of aliphatic hydroxyl groups is 2. The molecule has 1 aromatic carbocycles. The molecule has 13 heteroatoms. The van der Waals surface area contributed by atoms with E-state index < -0.39 is 60.6 Å². The highest BCUT2D eigenvalue weighted by Crippen LogP contribution is 2.12. The second-order valence-corrected chi connectivity index (χ2v) is 8.13. The van der Waals surface area contributed by atoms with Crippen LogP contribution in [0.25, 0.3) is 0 Å². The van der Waals surface area contributed by atoms with E-state index in [4.69, 9.17) is 16.6 Å². The maximum Gasteiger partial charge on any atom is 0.326 e. The molecule has 0 saturated heterocycles. The molecular formula is C22H35N5O8. The number of unbranched alkanes of at least 4 members (excludes halogenated alkanes) is 1. The molecular weight excluding hydrogens is 462 g/mol. The SMILES string of the molecule is CC(O)C(NC(=O)C(Cc1ccc(O)cc1)NC(=O)C(N)CO)C(=O)NC(CCCCN)C(=O)O. The summed E-state index contributed by atoms with van der Waals surface area (Å²) in [6.45, 7) is 0.934. The first-order valence-corrected chi connectivity index (χ1v) is 11.2. The molecule has 1 rings (SSSR count). The number of carbonyl (C=O) groups excluding carboxylic acids is 3. The lowest BCUT2D eigenvalue weighted by Crippen LogP contribution is -2.60. The van der Waals surface area contributed by atoms with Gasteiger partial charge in [-0.15, -0.1) is 0 Å². The summed E-state index contributed by atoms with van der Waals surface area (Å²) in [4.78, 5) is 49.4. The number of rotatable bonds is 15. The molecule has 35 heavy (non-hydrogen) atoms. The van der Waals surface area contributed by atoms with Gasteiger partial charge in [0.25, 0.3) is 0 Å². The van der Waals surface area contributed by atoms with Crippen molar-refractivity contribution in [1.29, 1.82) is 0 Å². The molecule has 0 aliphatic rings. The Kier molecular flexibility index (Phi) is 12.7. The third kappa shape index (κ3) is 10.3. The van der Waals surface area contributed by atoms with Gasteiger partial charge in [0.1, 0.15) is 29.9 Å². The fourth-order valence-electron chi connectivity index (χ4n) is 3.11. The third-order valence-corrected chi connectivity index (χ3v) is 5.17. The second-order valence-electron chi connectivity index (χ2n) is 8.13. The molecule has 0 aromatic heterocycles. The Bertz CT molecular complexity index is 849. The summed E-state index contributed by atoms with van der Waals surface area (Å²) >= 11 is 0. The van der Waals surface area contributed by atoms with E-state index in [-0.39, 0.29) is 18.6 Å². The van der Waals surface area contributed by atoms with Crippen LogP contribution in [0.4, 0.5) is 0 Å². The molecule has 13 nitrogen and oxygen atoms in total. The normalized spacial score (nSPS) is 15.2. The van der Waals surface area contributed by atoms with Crippen molar-refractivity contribution in [3.8, 4) is 5.75 Å². The summed E-state index contributed by atoms with van der Waals surface area (Å²) in [5.74, 6) is -3.88. The fourth-order valence-corrected chi connectivity index (χ4v) is 3.11. The maximum atomic E-state index is 13.0. The minimum atomic E-state index is -1.52. The monoisotopic (exact) mass is 497 g/mol. The van der Waals surface area contributed by atoms with Crippen molar-refractivity contribution in [2.45, 2.75) is 62.9 Å². The molecule has 0 aliphatic heterocycles. The molecule has 0 heterocycles. The second kappa shape index (κ2) is 14.9. The number of nitrogens with one attached hydrogen (secondary N) is 3. The molecule has 0 saturated carbocycles. The summed E-state index contributed by atoms with van der Waals surface area (Å²) in [5, 5.41) is 45.1. The van der Waals surface area contributed by atoms with Gasteiger partial charge in [0, 0.05) is 6.42 Å². The minimum Gasteiger partial charge on any atom is -0.508 e. The van der Waals surface area contributed by atoms with Gasteiger partial charge in [-0.25, -0.2) is 4.79 Å². The zero-order chi connectivity index (χ0) is 26.5. The molecule has 5 unspecified atom stereocenters. The number of phenols is 1. The predicted molar refractivity (Wildman–Crippen MR) is 125 cm³/mol. The van der Waals surface area contributed by atoms with Gasteiger partial charge in [0.05, 0.1) is 12.7 Å². The van der Waals surface area contributed by atoms with Crippen molar-refractivity contribution in [2.75, 3.05) is 13.2 Å². The Hall–Kier alpha value is -3.26. The standard InChI is InChI=1S/C22H35N5O8/c1-12(29)18(21(33)25-16(22(34)35)4-2-3-9-23)27-20(32)17(26-19(31)15(24)11-28)10-13-5-7-14(30)8-6-13/h5-8,12,15-18,28-30H,2-4,9-11,23-24H2,1H3,(H,25,33)(H,26,31)(H,27,32)(H,34,35). The van der Waals surface area contributed by atoms with Gasteiger partial charge in [-0.2, -0.15) is 0 Å². The molecule has 5 atom stereocenters. The number of benzene rings is 1. The average Bonchev–Trinajstić information content (AvgIpc) is 2.81. The summed E-state index contributed by atoms with van der Waals surface area (Å²) in [5.41, 5.74) is 11.5. The first-order chi connectivity index (χ1) is 16.5. The molecule has 3 amide bonds. The molecule has 0 bridgehead atoms. The van der Waals surface area contributed by atoms with E-state index >= 15 is 0 Å². The molecule has 0 spiro atoms. The number of phenolic OH excluding ortho intramolecular Hbond substituents is 1. The van der Waals surface area contributed by atoms with Crippen molar-refractivity contribution in [2.24, 2.45) is 11.5 Å². The van der Waals surface area contributed by atoms with E-state index in [0.29, 0.717) is 24.9 Å². The molecule has 0 radical (unpaired) electrons. The zero-order valence-electron chi connectivity index (χ0n) is 19.5. The van der Waals surface area contributed by atoms with Crippen LogP contribution in [0.15, 0.2) is 24.3 Å². The van der Waals surface area contributed by atoms with Crippen LogP contribution in [0, 0.1) is 0 Å². The number of carbonyl (C=O) groups is 4. The van der Waals surface area contributed by atoms with Gasteiger partial charge in [-0.05, 0) is 50.4 Å². The first-order valence-electron chi connectivity index (χ1n) is 11.2. The van der Waals surface area contributed by atoms with E-state index in [1.165, 1.54) is 31.2 Å². The van der Waals surface area contributed by atoms with Crippen molar-refractivity contribution in [3.63, 3.8) is 0 Å². The molecule has 196 valence electrons. The van der Waals surface area contributed by atoms with Crippen LogP contribution in [-0.2, 0) is 25.6 Å². The summed E-state index contributed by atoms with van der Waals surface area (Å²) in [7, 11) is 0. The number of hydrogen-bond donors (Lipinski definition) is 9. The van der Waals surface area contributed by atoms with Crippen LogP contribution in [0.1, 0.15) is 31.7 Å². The van der Waals surface area contributed by atoms with Gasteiger partial charge < -0.3 is 47.8 Å². The average molecular weight is 498 g/mol.